The topological polar surface area (TPSA) is 58.6 Å². The highest BCUT2D eigenvalue weighted by Gasteiger charge is 2.01. The lowest BCUT2D eigenvalue weighted by molar-refractivity contribution is 1.02. The third kappa shape index (κ3) is 2.22. The Labute approximate surface area is 91.0 Å². The Morgan fingerprint density at radius 2 is 2.20 bits per heavy atom. The molecule has 0 amide bonds. The number of hydrogen-bond acceptors (Lipinski definition) is 3. The van der Waals surface area contributed by atoms with Crippen LogP contribution in [-0.4, -0.2) is 15.0 Å². The minimum absolute atomic E-state index is 0.174. The molecule has 0 radical (unpaired) electrons. The maximum Gasteiger partial charge on any atom is 0.251 e. The molecule has 5 heteroatoms. The lowest BCUT2D eigenvalue weighted by atomic mass is 10.2. The molecular weight excluding hydrogens is 214 g/mol. The summed E-state index contributed by atoms with van der Waals surface area (Å²) >= 11 is 5.66. The third-order valence-corrected chi connectivity index (χ3v) is 2.11. The maximum atomic E-state index is 11.2. The molecule has 0 fully saturated rings. The first-order chi connectivity index (χ1) is 7.15. The SMILES string of the molecule is Cc1nc(-c2ccc(Cl)nc2)cc(=O)[nH]1. The summed E-state index contributed by atoms with van der Waals surface area (Å²) in [5.74, 6) is 0.576. The van der Waals surface area contributed by atoms with Crippen LogP contribution in [0.3, 0.4) is 0 Å². The second kappa shape index (κ2) is 3.82. The van der Waals surface area contributed by atoms with Crippen LogP contribution < -0.4 is 5.56 Å². The number of nitrogens with zero attached hydrogens (tertiary/aromatic N) is 2. The molecule has 2 rings (SSSR count). The van der Waals surface area contributed by atoms with Crippen molar-refractivity contribution in [3.63, 3.8) is 0 Å². The zero-order valence-corrected chi connectivity index (χ0v) is 8.75. The van der Waals surface area contributed by atoms with Crippen LogP contribution in [0.15, 0.2) is 29.2 Å². The summed E-state index contributed by atoms with van der Waals surface area (Å²) in [6, 6.07) is 4.86. The minimum atomic E-state index is -0.174. The number of rotatable bonds is 1. The van der Waals surface area contributed by atoms with Gasteiger partial charge in [-0.25, -0.2) is 9.97 Å². The van der Waals surface area contributed by atoms with Gasteiger partial charge in [0, 0.05) is 17.8 Å². The fourth-order valence-electron chi connectivity index (χ4n) is 1.25. The van der Waals surface area contributed by atoms with E-state index in [4.69, 9.17) is 11.6 Å². The number of aryl methyl sites for hydroxylation is 1. The maximum absolute atomic E-state index is 11.2. The van der Waals surface area contributed by atoms with Crippen molar-refractivity contribution in [3.8, 4) is 11.3 Å². The average Bonchev–Trinajstić information content (AvgIpc) is 2.17. The van der Waals surface area contributed by atoms with Crippen molar-refractivity contribution in [2.75, 3.05) is 0 Å². The van der Waals surface area contributed by atoms with Crippen molar-refractivity contribution in [1.82, 2.24) is 15.0 Å². The van der Waals surface area contributed by atoms with Crippen molar-refractivity contribution >= 4 is 11.6 Å². The standard InChI is InChI=1S/C10H8ClN3O/c1-6-13-8(4-10(15)14-6)7-2-3-9(11)12-5-7/h2-5H,1H3,(H,13,14,15). The second-order valence-corrected chi connectivity index (χ2v) is 3.47. The van der Waals surface area contributed by atoms with E-state index in [1.165, 1.54) is 6.07 Å². The summed E-state index contributed by atoms with van der Waals surface area (Å²) in [7, 11) is 0. The molecule has 0 saturated heterocycles. The van der Waals surface area contributed by atoms with Gasteiger partial charge in [-0.05, 0) is 19.1 Å². The first-order valence-corrected chi connectivity index (χ1v) is 4.73. The molecule has 0 bridgehead atoms. The van der Waals surface area contributed by atoms with Gasteiger partial charge < -0.3 is 4.98 Å². The third-order valence-electron chi connectivity index (χ3n) is 1.88. The van der Waals surface area contributed by atoms with E-state index in [0.29, 0.717) is 16.7 Å². The van der Waals surface area contributed by atoms with Gasteiger partial charge >= 0.3 is 0 Å². The summed E-state index contributed by atoms with van der Waals surface area (Å²) in [5, 5.41) is 0.417. The van der Waals surface area contributed by atoms with E-state index >= 15 is 0 Å². The van der Waals surface area contributed by atoms with Gasteiger partial charge in [-0.15, -0.1) is 0 Å². The predicted molar refractivity (Wildman–Crippen MR) is 57.8 cm³/mol. The van der Waals surface area contributed by atoms with Crippen LogP contribution in [0.4, 0.5) is 0 Å². The molecule has 76 valence electrons. The first-order valence-electron chi connectivity index (χ1n) is 4.35. The van der Waals surface area contributed by atoms with E-state index in [0.717, 1.165) is 5.56 Å². The van der Waals surface area contributed by atoms with E-state index in [9.17, 15) is 4.79 Å². The number of aromatic amines is 1. The van der Waals surface area contributed by atoms with Gasteiger partial charge in [-0.3, -0.25) is 4.79 Å². The second-order valence-electron chi connectivity index (χ2n) is 3.09. The monoisotopic (exact) mass is 221 g/mol. The van der Waals surface area contributed by atoms with Gasteiger partial charge in [0.2, 0.25) is 0 Å². The van der Waals surface area contributed by atoms with Crippen molar-refractivity contribution in [2.45, 2.75) is 6.92 Å². The average molecular weight is 222 g/mol. The van der Waals surface area contributed by atoms with Gasteiger partial charge in [0.1, 0.15) is 11.0 Å². The Hall–Kier alpha value is -1.68. The van der Waals surface area contributed by atoms with E-state index < -0.39 is 0 Å². The largest absolute Gasteiger partial charge is 0.311 e. The van der Waals surface area contributed by atoms with E-state index in [1.54, 1.807) is 25.3 Å². The van der Waals surface area contributed by atoms with Crippen LogP contribution >= 0.6 is 11.6 Å². The molecule has 15 heavy (non-hydrogen) atoms. The van der Waals surface area contributed by atoms with Crippen molar-refractivity contribution in [2.24, 2.45) is 0 Å². The van der Waals surface area contributed by atoms with Crippen molar-refractivity contribution in [1.29, 1.82) is 0 Å². The summed E-state index contributed by atoms with van der Waals surface area (Å²) < 4.78 is 0. The zero-order chi connectivity index (χ0) is 10.8. The van der Waals surface area contributed by atoms with Crippen molar-refractivity contribution in [3.05, 3.63) is 45.7 Å². The van der Waals surface area contributed by atoms with Crippen LogP contribution in [0.5, 0.6) is 0 Å². The van der Waals surface area contributed by atoms with Crippen LogP contribution in [0, 0.1) is 6.92 Å². The van der Waals surface area contributed by atoms with Gasteiger partial charge in [-0.1, -0.05) is 11.6 Å². The van der Waals surface area contributed by atoms with Crippen LogP contribution in [-0.2, 0) is 0 Å². The highest BCUT2D eigenvalue weighted by atomic mass is 35.5. The molecule has 0 spiro atoms. The smallest absolute Gasteiger partial charge is 0.251 e. The number of H-pyrrole nitrogens is 1. The van der Waals surface area contributed by atoms with Crippen LogP contribution in [0.1, 0.15) is 5.82 Å². The number of pyridine rings is 1. The normalized spacial score (nSPS) is 10.3. The summed E-state index contributed by atoms with van der Waals surface area (Å²) in [5.41, 5.74) is 1.20. The molecule has 2 aromatic rings. The summed E-state index contributed by atoms with van der Waals surface area (Å²) in [6.45, 7) is 1.73. The highest BCUT2D eigenvalue weighted by molar-refractivity contribution is 6.29. The number of aromatic nitrogens is 3. The minimum Gasteiger partial charge on any atom is -0.311 e. The molecule has 2 aromatic heterocycles. The molecule has 0 aliphatic carbocycles. The fraction of sp³-hybridized carbons (Fsp3) is 0.100. The van der Waals surface area contributed by atoms with E-state index in [-0.39, 0.29) is 5.56 Å². The number of halogens is 1. The Morgan fingerprint density at radius 1 is 1.40 bits per heavy atom. The lowest BCUT2D eigenvalue weighted by Gasteiger charge is -2.00. The quantitative estimate of drug-likeness (QED) is 0.747. The molecule has 0 atom stereocenters. The zero-order valence-electron chi connectivity index (χ0n) is 7.99. The predicted octanol–water partition coefficient (Wildman–Crippen LogP) is 1.79. The lowest BCUT2D eigenvalue weighted by Crippen LogP contribution is -2.08. The Morgan fingerprint density at radius 3 is 2.80 bits per heavy atom. The number of nitrogens with one attached hydrogen (secondary N) is 1. The molecule has 2 heterocycles. The summed E-state index contributed by atoms with van der Waals surface area (Å²) in [4.78, 5) is 21.9. The Kier molecular flexibility index (Phi) is 2.51. The van der Waals surface area contributed by atoms with Crippen LogP contribution in [0.2, 0.25) is 5.15 Å². The Bertz CT molecular complexity index is 533. The summed E-state index contributed by atoms with van der Waals surface area (Å²) in [6.07, 6.45) is 1.59. The molecule has 0 unspecified atom stereocenters. The molecule has 4 nitrogen and oxygen atoms in total. The van der Waals surface area contributed by atoms with Crippen LogP contribution in [0.25, 0.3) is 11.3 Å². The molecule has 0 aliphatic heterocycles. The number of hydrogen-bond donors (Lipinski definition) is 1. The molecule has 0 aromatic carbocycles. The molecule has 0 aliphatic rings. The highest BCUT2D eigenvalue weighted by Crippen LogP contribution is 2.15. The fourth-order valence-corrected chi connectivity index (χ4v) is 1.37. The van der Waals surface area contributed by atoms with Gasteiger partial charge in [0.25, 0.3) is 5.56 Å². The van der Waals surface area contributed by atoms with Crippen molar-refractivity contribution < 1.29 is 0 Å². The van der Waals surface area contributed by atoms with Gasteiger partial charge in [0.05, 0.1) is 5.69 Å². The first kappa shape index (κ1) is 9.86. The molecule has 1 N–H and O–H groups in total. The van der Waals surface area contributed by atoms with E-state index in [1.807, 2.05) is 0 Å². The van der Waals surface area contributed by atoms with Gasteiger partial charge in [0.15, 0.2) is 0 Å². The molecule has 0 saturated carbocycles. The van der Waals surface area contributed by atoms with Gasteiger partial charge in [-0.2, -0.15) is 0 Å². The Balaban J connectivity index is 2.54. The van der Waals surface area contributed by atoms with E-state index in [2.05, 4.69) is 15.0 Å². The molecular formula is C10H8ClN3O.